The maximum Gasteiger partial charge on any atom is 0.247 e. The van der Waals surface area contributed by atoms with Gasteiger partial charge in [0.05, 0.1) is 29.4 Å². The second kappa shape index (κ2) is 12.9. The zero-order valence-corrected chi connectivity index (χ0v) is 26.9. The summed E-state index contributed by atoms with van der Waals surface area (Å²) in [6.07, 6.45) is 2.52. The molecule has 0 radical (unpaired) electrons. The van der Waals surface area contributed by atoms with Gasteiger partial charge in [-0.3, -0.25) is 14.4 Å². The number of hydrogen-bond donors (Lipinski definition) is 4. The number of hydrogen-bond acceptors (Lipinski definition) is 10. The monoisotopic (exact) mass is 639 g/mol. The minimum atomic E-state index is -0.823. The lowest BCUT2D eigenvalue weighted by atomic mass is 9.85. The van der Waals surface area contributed by atoms with Crippen LogP contribution in [0.2, 0.25) is 5.02 Å². The number of carbonyl (C=O) groups excluding carboxylic acids is 3. The van der Waals surface area contributed by atoms with Crippen molar-refractivity contribution in [2.45, 2.75) is 58.7 Å². The maximum absolute atomic E-state index is 13.9. The highest BCUT2D eigenvalue weighted by molar-refractivity contribution is 6.34. The van der Waals surface area contributed by atoms with Crippen LogP contribution in [-0.2, 0) is 14.4 Å². The molecule has 1 saturated heterocycles. The van der Waals surface area contributed by atoms with E-state index in [1.807, 2.05) is 20.8 Å². The number of likely N-dealkylation sites (tertiary alicyclic amines) is 1. The Kier molecular flexibility index (Phi) is 9.21. The molecular formula is C31H38ClN7O6. The largest absolute Gasteiger partial charge is 0.494 e. The van der Waals surface area contributed by atoms with Crippen LogP contribution in [0, 0.1) is 5.41 Å². The van der Waals surface area contributed by atoms with E-state index in [1.54, 1.807) is 43.1 Å². The van der Waals surface area contributed by atoms with Crippen LogP contribution in [0.4, 0.5) is 17.2 Å². The first-order chi connectivity index (χ1) is 21.4. The van der Waals surface area contributed by atoms with Crippen molar-refractivity contribution in [1.29, 1.82) is 0 Å². The summed E-state index contributed by atoms with van der Waals surface area (Å²) in [6, 6.07) is 4.78. The van der Waals surface area contributed by atoms with Gasteiger partial charge in [-0.15, -0.1) is 0 Å². The topological polar surface area (TPSA) is 156 Å². The summed E-state index contributed by atoms with van der Waals surface area (Å²) in [5.74, 6) is 0.846. The van der Waals surface area contributed by atoms with Crippen molar-refractivity contribution in [3.63, 3.8) is 0 Å². The third-order valence-electron chi connectivity index (χ3n) is 8.01. The number of amides is 3. The Labute approximate surface area is 266 Å². The molecule has 0 bridgehead atoms. The van der Waals surface area contributed by atoms with Crippen LogP contribution in [0.3, 0.4) is 0 Å². The van der Waals surface area contributed by atoms with E-state index in [-0.39, 0.29) is 24.5 Å². The highest BCUT2D eigenvalue weighted by atomic mass is 35.5. The van der Waals surface area contributed by atoms with Crippen LogP contribution in [0.25, 0.3) is 10.9 Å². The number of nitrogens with zero attached hydrogens (tertiary/aromatic N) is 3. The van der Waals surface area contributed by atoms with Crippen molar-refractivity contribution in [3.8, 4) is 17.2 Å². The summed E-state index contributed by atoms with van der Waals surface area (Å²) in [4.78, 5) is 50.7. The fourth-order valence-electron chi connectivity index (χ4n) is 5.37. The molecule has 2 aliphatic rings. The van der Waals surface area contributed by atoms with Crippen molar-refractivity contribution >= 4 is 57.4 Å². The molecule has 5 rings (SSSR count). The van der Waals surface area contributed by atoms with Gasteiger partial charge < -0.3 is 40.4 Å². The lowest BCUT2D eigenvalue weighted by molar-refractivity contribution is -0.143. The molecular weight excluding hydrogens is 602 g/mol. The quantitative estimate of drug-likeness (QED) is 0.271. The van der Waals surface area contributed by atoms with E-state index < -0.39 is 23.5 Å². The summed E-state index contributed by atoms with van der Waals surface area (Å²) < 4.78 is 16.7. The minimum Gasteiger partial charge on any atom is -0.494 e. The normalized spacial score (nSPS) is 17.1. The van der Waals surface area contributed by atoms with Gasteiger partial charge in [0.1, 0.15) is 35.7 Å². The zero-order valence-electron chi connectivity index (χ0n) is 26.1. The maximum atomic E-state index is 13.9. The Balaban J connectivity index is 1.42. The number of aromatic nitrogens is 2. The lowest BCUT2D eigenvalue weighted by Gasteiger charge is -2.36. The number of carbonyl (C=O) groups is 3. The molecule has 3 atom stereocenters. The third-order valence-corrected chi connectivity index (χ3v) is 8.33. The fraction of sp³-hybridized carbons (Fsp3) is 0.452. The Morgan fingerprint density at radius 2 is 1.93 bits per heavy atom. The Hall–Kier alpha value is -4.36. The lowest BCUT2D eigenvalue weighted by Crippen LogP contribution is -2.59. The van der Waals surface area contributed by atoms with Gasteiger partial charge in [0, 0.05) is 18.0 Å². The molecule has 1 unspecified atom stereocenters. The number of nitrogens with one attached hydrogen (secondary N) is 4. The average molecular weight is 640 g/mol. The first kappa shape index (κ1) is 32.0. The van der Waals surface area contributed by atoms with Gasteiger partial charge in [-0.2, -0.15) is 0 Å². The smallest absolute Gasteiger partial charge is 0.247 e. The molecule has 240 valence electrons. The van der Waals surface area contributed by atoms with Gasteiger partial charge in [0.15, 0.2) is 11.5 Å². The van der Waals surface area contributed by atoms with Crippen LogP contribution >= 0.6 is 11.6 Å². The van der Waals surface area contributed by atoms with E-state index in [9.17, 15) is 14.4 Å². The number of methoxy groups -OCH3 is 1. The molecule has 2 aliphatic heterocycles. The van der Waals surface area contributed by atoms with Crippen LogP contribution in [-0.4, -0.2) is 78.2 Å². The molecule has 14 heteroatoms. The van der Waals surface area contributed by atoms with Crippen molar-refractivity contribution in [2.75, 3.05) is 38.1 Å². The predicted molar refractivity (Wildman–Crippen MR) is 170 cm³/mol. The standard InChI is InChI=1S/C31H38ClN7O6/c1-16(33-5)28(40)38-26(31(2,3)4)30(42)39-11-7-8-21(39)29(41)36-20-12-17-19(13-23(20)43-6)34-14-35-27(17)37-24-18(32)9-10-22-25(24)45-15-44-22/h9-10,12-14,16,21,26,33H,7-8,11,15H2,1-6H3,(H,36,41)(H,38,40)(H,34,35,37)/t16-,21?,26+/m0/s1. The molecule has 4 N–H and O–H groups in total. The van der Waals surface area contributed by atoms with E-state index in [4.69, 9.17) is 25.8 Å². The van der Waals surface area contributed by atoms with E-state index in [2.05, 4.69) is 31.2 Å². The number of halogens is 1. The second-order valence-electron chi connectivity index (χ2n) is 12.1. The first-order valence-corrected chi connectivity index (χ1v) is 15.1. The molecule has 1 fully saturated rings. The summed E-state index contributed by atoms with van der Waals surface area (Å²) >= 11 is 6.49. The number of benzene rings is 2. The second-order valence-corrected chi connectivity index (χ2v) is 12.5. The van der Waals surface area contributed by atoms with Gasteiger partial charge in [0.2, 0.25) is 24.5 Å². The summed E-state index contributed by atoms with van der Waals surface area (Å²) in [7, 11) is 3.17. The van der Waals surface area contributed by atoms with Crippen molar-refractivity contribution in [1.82, 2.24) is 25.5 Å². The van der Waals surface area contributed by atoms with E-state index >= 15 is 0 Å². The minimum absolute atomic E-state index is 0.0703. The van der Waals surface area contributed by atoms with Gasteiger partial charge >= 0.3 is 0 Å². The Morgan fingerprint density at radius 3 is 2.64 bits per heavy atom. The number of rotatable bonds is 9. The highest BCUT2D eigenvalue weighted by Gasteiger charge is 2.42. The van der Waals surface area contributed by atoms with Crippen molar-refractivity contribution < 1.29 is 28.6 Å². The number of fused-ring (bicyclic) bond motifs is 2. The molecule has 13 nitrogen and oxygen atoms in total. The molecule has 45 heavy (non-hydrogen) atoms. The summed E-state index contributed by atoms with van der Waals surface area (Å²) in [5.41, 5.74) is 0.825. The summed E-state index contributed by atoms with van der Waals surface area (Å²) in [6.45, 7) is 7.84. The third kappa shape index (κ3) is 6.54. The molecule has 3 heterocycles. The molecule has 0 aliphatic carbocycles. The predicted octanol–water partition coefficient (Wildman–Crippen LogP) is 3.83. The first-order valence-electron chi connectivity index (χ1n) is 14.7. The summed E-state index contributed by atoms with van der Waals surface area (Å²) in [5, 5.41) is 13.0. The number of ether oxygens (including phenoxy) is 3. The molecule has 0 spiro atoms. The van der Waals surface area contributed by atoms with Crippen LogP contribution in [0.5, 0.6) is 17.2 Å². The molecule has 3 amide bonds. The van der Waals surface area contributed by atoms with Gasteiger partial charge in [-0.1, -0.05) is 32.4 Å². The Bertz CT molecular complexity index is 1630. The van der Waals surface area contributed by atoms with Gasteiger partial charge in [0.25, 0.3) is 0 Å². The van der Waals surface area contributed by atoms with E-state index in [1.165, 1.54) is 13.4 Å². The highest BCUT2D eigenvalue weighted by Crippen LogP contribution is 2.45. The average Bonchev–Trinajstić information content (AvgIpc) is 3.70. The molecule has 3 aromatic rings. The van der Waals surface area contributed by atoms with Gasteiger partial charge in [-0.25, -0.2) is 9.97 Å². The zero-order chi connectivity index (χ0) is 32.5. The van der Waals surface area contributed by atoms with Gasteiger partial charge in [-0.05, 0) is 50.4 Å². The van der Waals surface area contributed by atoms with Crippen LogP contribution in [0.1, 0.15) is 40.5 Å². The fourth-order valence-corrected chi connectivity index (χ4v) is 5.56. The van der Waals surface area contributed by atoms with Crippen LogP contribution < -0.4 is 35.5 Å². The van der Waals surface area contributed by atoms with E-state index in [0.29, 0.717) is 69.8 Å². The van der Waals surface area contributed by atoms with Crippen molar-refractivity contribution in [3.05, 3.63) is 35.6 Å². The molecule has 0 saturated carbocycles. The SMILES string of the molecule is CN[C@@H](C)C(=O)N[C@H](C(=O)N1CCCC1C(=O)Nc1cc2c(Nc3c(Cl)ccc4c3OCO4)ncnc2cc1OC)C(C)(C)C. The van der Waals surface area contributed by atoms with Crippen LogP contribution in [0.15, 0.2) is 30.6 Å². The molecule has 1 aromatic heterocycles. The van der Waals surface area contributed by atoms with E-state index in [0.717, 1.165) is 0 Å². The molecule has 2 aromatic carbocycles. The number of anilines is 3. The number of likely N-dealkylation sites (N-methyl/N-ethyl adjacent to an activating group) is 1. The Morgan fingerprint density at radius 1 is 1.16 bits per heavy atom. The van der Waals surface area contributed by atoms with Crippen molar-refractivity contribution in [2.24, 2.45) is 5.41 Å².